The fraction of sp³-hybridized carbons (Fsp3) is 0.312. The quantitative estimate of drug-likeness (QED) is 0.904. The second-order valence-electron chi connectivity index (χ2n) is 5.11. The van der Waals surface area contributed by atoms with Crippen LogP contribution in [0.15, 0.2) is 43.2 Å². The normalized spacial score (nSPS) is 14.5. The Balaban J connectivity index is 1.64. The van der Waals surface area contributed by atoms with Crippen LogP contribution in [0.1, 0.15) is 18.4 Å². The van der Waals surface area contributed by atoms with Gasteiger partial charge in [0.05, 0.1) is 6.20 Å². The smallest absolute Gasteiger partial charge is 0.0543 e. The standard InChI is InChI=1S/C16H20N4/c1-2-20-13-14(12-18-20)11-17-15-6-5-7-16(10-15)19-8-3-4-9-19/h2,5-7,10,12-13,17H,1,3-4,8-9,11H2. The third-order valence-corrected chi connectivity index (χ3v) is 3.66. The molecule has 0 spiro atoms. The van der Waals surface area contributed by atoms with E-state index in [1.54, 1.807) is 10.9 Å². The number of anilines is 2. The Bertz CT molecular complexity index is 582. The first-order chi connectivity index (χ1) is 9.85. The summed E-state index contributed by atoms with van der Waals surface area (Å²) in [5, 5.41) is 7.63. The van der Waals surface area contributed by atoms with Crippen molar-refractivity contribution in [2.75, 3.05) is 23.3 Å². The monoisotopic (exact) mass is 268 g/mol. The number of hydrogen-bond acceptors (Lipinski definition) is 3. The van der Waals surface area contributed by atoms with Crippen LogP contribution in [0.5, 0.6) is 0 Å². The lowest BCUT2D eigenvalue weighted by Gasteiger charge is -2.18. The summed E-state index contributed by atoms with van der Waals surface area (Å²) in [6, 6.07) is 8.64. The van der Waals surface area contributed by atoms with Crippen LogP contribution in [0.25, 0.3) is 6.20 Å². The highest BCUT2D eigenvalue weighted by molar-refractivity contribution is 5.58. The van der Waals surface area contributed by atoms with Crippen LogP contribution in [0.3, 0.4) is 0 Å². The summed E-state index contributed by atoms with van der Waals surface area (Å²) >= 11 is 0. The van der Waals surface area contributed by atoms with E-state index in [4.69, 9.17) is 0 Å². The van der Waals surface area contributed by atoms with Crippen molar-refractivity contribution >= 4 is 17.6 Å². The molecule has 0 radical (unpaired) electrons. The molecule has 0 unspecified atom stereocenters. The van der Waals surface area contributed by atoms with E-state index in [2.05, 4.69) is 46.2 Å². The summed E-state index contributed by atoms with van der Waals surface area (Å²) in [4.78, 5) is 2.45. The number of benzene rings is 1. The van der Waals surface area contributed by atoms with Crippen molar-refractivity contribution in [2.45, 2.75) is 19.4 Å². The molecule has 20 heavy (non-hydrogen) atoms. The van der Waals surface area contributed by atoms with Crippen LogP contribution >= 0.6 is 0 Å². The minimum atomic E-state index is 0.775. The van der Waals surface area contributed by atoms with E-state index in [-0.39, 0.29) is 0 Å². The Kier molecular flexibility index (Phi) is 3.72. The molecule has 0 atom stereocenters. The Morgan fingerprint density at radius 3 is 2.90 bits per heavy atom. The van der Waals surface area contributed by atoms with Gasteiger partial charge < -0.3 is 10.2 Å². The molecule has 2 aromatic rings. The predicted octanol–water partition coefficient (Wildman–Crippen LogP) is 3.20. The van der Waals surface area contributed by atoms with E-state index in [0.29, 0.717) is 0 Å². The van der Waals surface area contributed by atoms with Crippen LogP contribution in [0.2, 0.25) is 0 Å². The first kappa shape index (κ1) is 12.8. The molecule has 1 aromatic carbocycles. The van der Waals surface area contributed by atoms with Gasteiger partial charge in [-0.1, -0.05) is 12.6 Å². The molecular formula is C16H20N4. The number of nitrogens with zero attached hydrogens (tertiary/aromatic N) is 3. The highest BCUT2D eigenvalue weighted by Crippen LogP contribution is 2.23. The lowest BCUT2D eigenvalue weighted by atomic mass is 10.2. The number of rotatable bonds is 5. The predicted molar refractivity (Wildman–Crippen MR) is 83.8 cm³/mol. The Hall–Kier alpha value is -2.23. The van der Waals surface area contributed by atoms with E-state index >= 15 is 0 Å². The van der Waals surface area contributed by atoms with Crippen LogP contribution in [0, 0.1) is 0 Å². The average molecular weight is 268 g/mol. The van der Waals surface area contributed by atoms with E-state index < -0.39 is 0 Å². The van der Waals surface area contributed by atoms with Gasteiger partial charge in [0.2, 0.25) is 0 Å². The molecule has 0 saturated carbocycles. The summed E-state index contributed by atoms with van der Waals surface area (Å²) in [5.41, 5.74) is 3.62. The molecule has 1 saturated heterocycles. The van der Waals surface area contributed by atoms with Crippen molar-refractivity contribution < 1.29 is 0 Å². The first-order valence-corrected chi connectivity index (χ1v) is 7.09. The molecule has 0 amide bonds. The molecule has 0 bridgehead atoms. The zero-order chi connectivity index (χ0) is 13.8. The van der Waals surface area contributed by atoms with E-state index in [1.165, 1.54) is 31.6 Å². The molecule has 104 valence electrons. The van der Waals surface area contributed by atoms with Crippen molar-refractivity contribution in [1.82, 2.24) is 9.78 Å². The highest BCUT2D eigenvalue weighted by Gasteiger charge is 2.12. The van der Waals surface area contributed by atoms with E-state index in [9.17, 15) is 0 Å². The van der Waals surface area contributed by atoms with Crippen molar-refractivity contribution in [1.29, 1.82) is 0 Å². The minimum absolute atomic E-state index is 0.775. The van der Waals surface area contributed by atoms with E-state index in [1.807, 2.05) is 12.4 Å². The SMILES string of the molecule is C=Cn1cc(CNc2cccc(N3CCCC3)c2)cn1. The maximum atomic E-state index is 4.18. The van der Waals surface area contributed by atoms with Gasteiger partial charge in [-0.3, -0.25) is 0 Å². The molecule has 1 fully saturated rings. The Morgan fingerprint density at radius 1 is 1.30 bits per heavy atom. The maximum absolute atomic E-state index is 4.18. The molecule has 2 heterocycles. The van der Waals surface area contributed by atoms with Crippen LogP contribution in [0.4, 0.5) is 11.4 Å². The fourth-order valence-corrected chi connectivity index (χ4v) is 2.56. The zero-order valence-corrected chi connectivity index (χ0v) is 11.6. The molecule has 1 aliphatic heterocycles. The summed E-state index contributed by atoms with van der Waals surface area (Å²) in [5.74, 6) is 0. The average Bonchev–Trinajstić information content (AvgIpc) is 3.17. The summed E-state index contributed by atoms with van der Waals surface area (Å²) in [7, 11) is 0. The van der Waals surface area contributed by atoms with Gasteiger partial charge in [-0.2, -0.15) is 5.10 Å². The Labute approximate surface area is 119 Å². The van der Waals surface area contributed by atoms with Gasteiger partial charge in [-0.05, 0) is 31.0 Å². The van der Waals surface area contributed by atoms with Crippen LogP contribution < -0.4 is 10.2 Å². The second-order valence-corrected chi connectivity index (χ2v) is 5.11. The lowest BCUT2D eigenvalue weighted by Crippen LogP contribution is -2.17. The molecular weight excluding hydrogens is 248 g/mol. The largest absolute Gasteiger partial charge is 0.381 e. The second kappa shape index (κ2) is 5.82. The molecule has 4 nitrogen and oxygen atoms in total. The molecule has 0 aliphatic carbocycles. The van der Waals surface area contributed by atoms with Gasteiger partial charge in [0.1, 0.15) is 0 Å². The van der Waals surface area contributed by atoms with Gasteiger partial charge >= 0.3 is 0 Å². The minimum Gasteiger partial charge on any atom is -0.381 e. The van der Waals surface area contributed by atoms with Crippen LogP contribution in [-0.4, -0.2) is 22.9 Å². The maximum Gasteiger partial charge on any atom is 0.0543 e. The molecule has 1 aromatic heterocycles. The summed E-state index contributed by atoms with van der Waals surface area (Å²) in [6.07, 6.45) is 8.14. The van der Waals surface area contributed by atoms with Crippen molar-refractivity contribution in [3.8, 4) is 0 Å². The third-order valence-electron chi connectivity index (χ3n) is 3.66. The number of hydrogen-bond donors (Lipinski definition) is 1. The summed E-state index contributed by atoms with van der Waals surface area (Å²) in [6.45, 7) is 6.82. The van der Waals surface area contributed by atoms with Gasteiger partial charge in [0.15, 0.2) is 0 Å². The van der Waals surface area contributed by atoms with Crippen LogP contribution in [-0.2, 0) is 6.54 Å². The first-order valence-electron chi connectivity index (χ1n) is 7.09. The highest BCUT2D eigenvalue weighted by atomic mass is 15.2. The Morgan fingerprint density at radius 2 is 2.15 bits per heavy atom. The summed E-state index contributed by atoms with van der Waals surface area (Å²) < 4.78 is 1.72. The van der Waals surface area contributed by atoms with Crippen molar-refractivity contribution in [3.05, 3.63) is 48.8 Å². The zero-order valence-electron chi connectivity index (χ0n) is 11.6. The molecule has 1 aliphatic rings. The molecule has 4 heteroatoms. The fourth-order valence-electron chi connectivity index (χ4n) is 2.56. The third kappa shape index (κ3) is 2.85. The number of nitrogens with one attached hydrogen (secondary N) is 1. The van der Waals surface area contributed by atoms with E-state index in [0.717, 1.165) is 17.8 Å². The van der Waals surface area contributed by atoms with Crippen molar-refractivity contribution in [3.63, 3.8) is 0 Å². The molecule has 1 N–H and O–H groups in total. The van der Waals surface area contributed by atoms with Gasteiger partial charge in [-0.15, -0.1) is 0 Å². The van der Waals surface area contributed by atoms with Crippen molar-refractivity contribution in [2.24, 2.45) is 0 Å². The topological polar surface area (TPSA) is 33.1 Å². The van der Waals surface area contributed by atoms with Gasteiger partial charge in [0.25, 0.3) is 0 Å². The molecule has 3 rings (SSSR count). The lowest BCUT2D eigenvalue weighted by molar-refractivity contribution is 0.936. The van der Waals surface area contributed by atoms with Gasteiger partial charge in [-0.25, -0.2) is 4.68 Å². The number of aromatic nitrogens is 2. The van der Waals surface area contributed by atoms with Gasteiger partial charge in [0, 0.05) is 49.0 Å².